The van der Waals surface area contributed by atoms with E-state index in [-0.39, 0.29) is 6.04 Å². The molecule has 2 aromatic rings. The summed E-state index contributed by atoms with van der Waals surface area (Å²) in [5, 5.41) is 4.22. The van der Waals surface area contributed by atoms with Crippen molar-refractivity contribution in [3.8, 4) is 5.75 Å². The first-order valence-electron chi connectivity index (χ1n) is 5.53. The number of ether oxygens (including phenoxy) is 1. The number of nitrogens with two attached hydrogens (primary N) is 1. The predicted octanol–water partition coefficient (Wildman–Crippen LogP) is 2.02. The molecule has 0 atom stereocenters. The molecular weight excluding hydrogens is 216 g/mol. The van der Waals surface area contributed by atoms with Crippen LogP contribution < -0.4 is 10.5 Å². The second-order valence-electron chi connectivity index (χ2n) is 4.08. The number of nitrogens with zero attached hydrogens (tertiary/aromatic N) is 3. The Balaban J connectivity index is 2.09. The highest BCUT2D eigenvalue weighted by Gasteiger charge is 2.09. The summed E-state index contributed by atoms with van der Waals surface area (Å²) < 4.78 is 7.48. The van der Waals surface area contributed by atoms with Crippen LogP contribution in [0.2, 0.25) is 0 Å². The lowest BCUT2D eigenvalue weighted by Crippen LogP contribution is -2.10. The van der Waals surface area contributed by atoms with Gasteiger partial charge >= 0.3 is 0 Å². The van der Waals surface area contributed by atoms with E-state index in [1.165, 1.54) is 0 Å². The smallest absolute Gasteiger partial charge is 0.145 e. The second-order valence-corrected chi connectivity index (χ2v) is 4.08. The molecule has 0 unspecified atom stereocenters. The zero-order valence-corrected chi connectivity index (χ0v) is 10.00. The SMILES string of the molecule is CC(C)n1nc(N)cc1COc1cccnc1. The van der Waals surface area contributed by atoms with Gasteiger partial charge in [-0.1, -0.05) is 0 Å². The fraction of sp³-hybridized carbons (Fsp3) is 0.333. The van der Waals surface area contributed by atoms with Gasteiger partial charge in [-0.05, 0) is 26.0 Å². The Morgan fingerprint density at radius 3 is 2.94 bits per heavy atom. The average Bonchev–Trinajstić information content (AvgIpc) is 2.69. The quantitative estimate of drug-likeness (QED) is 0.875. The second kappa shape index (κ2) is 4.86. The van der Waals surface area contributed by atoms with Crippen LogP contribution in [0.4, 0.5) is 5.82 Å². The highest BCUT2D eigenvalue weighted by atomic mass is 16.5. The molecule has 0 aliphatic heterocycles. The van der Waals surface area contributed by atoms with Crippen molar-refractivity contribution in [2.24, 2.45) is 0 Å². The van der Waals surface area contributed by atoms with Gasteiger partial charge in [0.25, 0.3) is 0 Å². The molecule has 0 bridgehead atoms. The zero-order valence-electron chi connectivity index (χ0n) is 10.00. The van der Waals surface area contributed by atoms with Crippen LogP contribution in [0.3, 0.4) is 0 Å². The summed E-state index contributed by atoms with van der Waals surface area (Å²) >= 11 is 0. The Hall–Kier alpha value is -2.04. The van der Waals surface area contributed by atoms with E-state index in [9.17, 15) is 0 Å². The molecule has 17 heavy (non-hydrogen) atoms. The van der Waals surface area contributed by atoms with Gasteiger partial charge in [-0.3, -0.25) is 9.67 Å². The summed E-state index contributed by atoms with van der Waals surface area (Å²) in [6.45, 7) is 4.55. The topological polar surface area (TPSA) is 66.0 Å². The number of hydrogen-bond donors (Lipinski definition) is 1. The molecule has 0 fully saturated rings. The highest BCUT2D eigenvalue weighted by molar-refractivity contribution is 5.30. The predicted molar refractivity (Wildman–Crippen MR) is 65.6 cm³/mol. The normalized spacial score (nSPS) is 10.8. The van der Waals surface area contributed by atoms with Crippen LogP contribution in [0.1, 0.15) is 25.6 Å². The molecule has 5 heteroatoms. The van der Waals surface area contributed by atoms with Crippen molar-refractivity contribution in [2.45, 2.75) is 26.5 Å². The lowest BCUT2D eigenvalue weighted by atomic mass is 10.3. The van der Waals surface area contributed by atoms with Gasteiger partial charge in [-0.15, -0.1) is 0 Å². The number of aromatic nitrogens is 3. The lowest BCUT2D eigenvalue weighted by Gasteiger charge is -2.11. The maximum Gasteiger partial charge on any atom is 0.145 e. The maximum absolute atomic E-state index is 5.69. The van der Waals surface area contributed by atoms with Crippen molar-refractivity contribution in [2.75, 3.05) is 5.73 Å². The Morgan fingerprint density at radius 2 is 2.29 bits per heavy atom. The van der Waals surface area contributed by atoms with Crippen molar-refractivity contribution in [1.29, 1.82) is 0 Å². The van der Waals surface area contributed by atoms with Crippen LogP contribution in [0.25, 0.3) is 0 Å². The molecule has 0 aromatic carbocycles. The number of nitrogen functional groups attached to an aromatic ring is 1. The van der Waals surface area contributed by atoms with E-state index in [1.807, 2.05) is 22.9 Å². The zero-order chi connectivity index (χ0) is 12.3. The van der Waals surface area contributed by atoms with Gasteiger partial charge in [0, 0.05) is 18.3 Å². The van der Waals surface area contributed by atoms with Crippen LogP contribution in [-0.2, 0) is 6.61 Å². The van der Waals surface area contributed by atoms with Gasteiger partial charge in [0.05, 0.1) is 11.9 Å². The standard InChI is InChI=1S/C12H16N4O/c1-9(2)16-10(6-12(13)15-16)8-17-11-4-3-5-14-7-11/h3-7,9H,8H2,1-2H3,(H2,13,15). The Kier molecular flexibility index (Phi) is 3.27. The van der Waals surface area contributed by atoms with Crippen molar-refractivity contribution >= 4 is 5.82 Å². The van der Waals surface area contributed by atoms with E-state index in [4.69, 9.17) is 10.5 Å². The van der Waals surface area contributed by atoms with E-state index >= 15 is 0 Å². The number of pyridine rings is 1. The van der Waals surface area contributed by atoms with Gasteiger partial charge in [0.2, 0.25) is 0 Å². The first kappa shape index (κ1) is 11.4. The summed E-state index contributed by atoms with van der Waals surface area (Å²) in [6, 6.07) is 5.80. The molecule has 90 valence electrons. The summed E-state index contributed by atoms with van der Waals surface area (Å²) in [7, 11) is 0. The summed E-state index contributed by atoms with van der Waals surface area (Å²) in [5.74, 6) is 1.26. The fourth-order valence-corrected chi connectivity index (χ4v) is 1.60. The Bertz CT molecular complexity index is 479. The minimum Gasteiger partial charge on any atom is -0.486 e. The third-order valence-corrected chi connectivity index (χ3v) is 2.34. The number of hydrogen-bond acceptors (Lipinski definition) is 4. The van der Waals surface area contributed by atoms with Crippen molar-refractivity contribution in [3.05, 3.63) is 36.3 Å². The molecule has 2 aromatic heterocycles. The lowest BCUT2D eigenvalue weighted by molar-refractivity contribution is 0.286. The maximum atomic E-state index is 5.69. The van der Waals surface area contributed by atoms with Crippen molar-refractivity contribution in [3.63, 3.8) is 0 Å². The first-order chi connectivity index (χ1) is 8.16. The molecule has 0 radical (unpaired) electrons. The first-order valence-corrected chi connectivity index (χ1v) is 5.53. The van der Waals surface area contributed by atoms with Gasteiger partial charge in [-0.2, -0.15) is 5.10 Å². The van der Waals surface area contributed by atoms with Gasteiger partial charge < -0.3 is 10.5 Å². The molecule has 0 aliphatic rings. The molecular formula is C12H16N4O. The van der Waals surface area contributed by atoms with E-state index in [0.717, 1.165) is 11.4 Å². The van der Waals surface area contributed by atoms with Gasteiger partial charge in [0.15, 0.2) is 0 Å². The van der Waals surface area contributed by atoms with Crippen LogP contribution in [0.5, 0.6) is 5.75 Å². The number of rotatable bonds is 4. The third kappa shape index (κ3) is 2.75. The molecule has 0 amide bonds. The van der Waals surface area contributed by atoms with E-state index in [1.54, 1.807) is 12.4 Å². The van der Waals surface area contributed by atoms with Crippen LogP contribution in [-0.4, -0.2) is 14.8 Å². The highest BCUT2D eigenvalue weighted by Crippen LogP contribution is 2.15. The summed E-state index contributed by atoms with van der Waals surface area (Å²) in [6.07, 6.45) is 3.39. The molecule has 2 rings (SSSR count). The molecule has 0 saturated heterocycles. The third-order valence-electron chi connectivity index (χ3n) is 2.34. The molecule has 0 saturated carbocycles. The summed E-state index contributed by atoms with van der Waals surface area (Å²) in [5.41, 5.74) is 6.65. The summed E-state index contributed by atoms with van der Waals surface area (Å²) in [4.78, 5) is 3.99. The molecule has 5 nitrogen and oxygen atoms in total. The van der Waals surface area contributed by atoms with Crippen molar-refractivity contribution in [1.82, 2.24) is 14.8 Å². The fourth-order valence-electron chi connectivity index (χ4n) is 1.60. The van der Waals surface area contributed by atoms with Crippen LogP contribution in [0.15, 0.2) is 30.6 Å². The van der Waals surface area contributed by atoms with E-state index in [0.29, 0.717) is 12.4 Å². The molecule has 2 N–H and O–H groups in total. The minimum atomic E-state index is 0.264. The Labute approximate surface area is 100 Å². The van der Waals surface area contributed by atoms with Gasteiger partial charge in [0.1, 0.15) is 18.2 Å². The monoisotopic (exact) mass is 232 g/mol. The average molecular weight is 232 g/mol. The largest absolute Gasteiger partial charge is 0.486 e. The van der Waals surface area contributed by atoms with Crippen molar-refractivity contribution < 1.29 is 4.74 Å². The molecule has 2 heterocycles. The van der Waals surface area contributed by atoms with Gasteiger partial charge in [-0.25, -0.2) is 0 Å². The molecule has 0 spiro atoms. The Morgan fingerprint density at radius 1 is 1.47 bits per heavy atom. The van der Waals surface area contributed by atoms with Crippen LogP contribution >= 0.6 is 0 Å². The number of anilines is 1. The van der Waals surface area contributed by atoms with E-state index < -0.39 is 0 Å². The molecule has 0 aliphatic carbocycles. The van der Waals surface area contributed by atoms with Crippen LogP contribution in [0, 0.1) is 0 Å². The minimum absolute atomic E-state index is 0.264. The van der Waals surface area contributed by atoms with E-state index in [2.05, 4.69) is 23.9 Å².